The molecule has 1 amide bonds. The van der Waals surface area contributed by atoms with Crippen LogP contribution in [0, 0.1) is 0 Å². The van der Waals surface area contributed by atoms with Gasteiger partial charge in [0.2, 0.25) is 0 Å². The van der Waals surface area contributed by atoms with Crippen molar-refractivity contribution in [1.29, 1.82) is 0 Å². The van der Waals surface area contributed by atoms with Gasteiger partial charge in [-0.15, -0.1) is 0 Å². The van der Waals surface area contributed by atoms with E-state index in [1.54, 1.807) is 7.11 Å². The molecule has 1 heterocycles. The van der Waals surface area contributed by atoms with E-state index in [4.69, 9.17) is 9.84 Å². The van der Waals surface area contributed by atoms with E-state index in [0.717, 1.165) is 28.4 Å². The number of methoxy groups -OCH3 is 1. The minimum Gasteiger partial charge on any atom is -0.497 e. The second kappa shape index (κ2) is 8.58. The minimum atomic E-state index is -0.110. The molecule has 0 radical (unpaired) electrons. The Morgan fingerprint density at radius 1 is 0.968 bits per heavy atom. The van der Waals surface area contributed by atoms with Crippen LogP contribution in [0.3, 0.4) is 0 Å². The highest BCUT2D eigenvalue weighted by atomic mass is 16.5. The molecular weight excluding hydrogens is 386 g/mol. The van der Waals surface area contributed by atoms with Crippen LogP contribution in [-0.4, -0.2) is 22.8 Å². The fourth-order valence-electron chi connectivity index (χ4n) is 3.30. The topological polar surface area (TPSA) is 56.1 Å². The number of amides is 1. The maximum Gasteiger partial charge on any atom is 0.251 e. The average molecular weight is 420 g/mol. The Hall–Kier alpha value is -3.08. The van der Waals surface area contributed by atoms with Crippen molar-refractivity contribution in [2.75, 3.05) is 7.11 Å². The molecule has 164 valence electrons. The Kier molecular flexibility index (Phi) is 6.25. The molecule has 1 aromatic heterocycles. The molecule has 0 aliphatic heterocycles. The fourth-order valence-corrected chi connectivity index (χ4v) is 3.30. The third-order valence-corrected chi connectivity index (χ3v) is 5.21. The van der Waals surface area contributed by atoms with Crippen LogP contribution in [0.2, 0.25) is 0 Å². The summed E-state index contributed by atoms with van der Waals surface area (Å²) in [6.45, 7) is 13.5. The molecule has 0 saturated heterocycles. The van der Waals surface area contributed by atoms with E-state index in [2.05, 4.69) is 52.9 Å². The van der Waals surface area contributed by atoms with Gasteiger partial charge in [-0.3, -0.25) is 4.79 Å². The monoisotopic (exact) mass is 419 g/mol. The number of hydrogen-bond donors (Lipinski definition) is 1. The van der Waals surface area contributed by atoms with E-state index in [-0.39, 0.29) is 16.7 Å². The summed E-state index contributed by atoms with van der Waals surface area (Å²) in [6.07, 6.45) is 0. The Bertz CT molecular complexity index is 1050. The molecule has 5 nitrogen and oxygen atoms in total. The molecular formula is C26H33N3O2. The summed E-state index contributed by atoms with van der Waals surface area (Å²) in [4.78, 5) is 12.6. The van der Waals surface area contributed by atoms with Crippen LogP contribution in [0.4, 0.5) is 0 Å². The third-order valence-electron chi connectivity index (χ3n) is 5.21. The molecule has 0 aliphatic carbocycles. The summed E-state index contributed by atoms with van der Waals surface area (Å²) in [5, 5.41) is 7.86. The highest BCUT2D eigenvalue weighted by molar-refractivity contribution is 5.94. The van der Waals surface area contributed by atoms with Crippen LogP contribution < -0.4 is 10.1 Å². The molecule has 0 fully saturated rings. The molecule has 5 heteroatoms. The highest BCUT2D eigenvalue weighted by Gasteiger charge is 2.26. The first-order valence-electron chi connectivity index (χ1n) is 10.6. The van der Waals surface area contributed by atoms with Gasteiger partial charge >= 0.3 is 0 Å². The molecule has 0 aliphatic rings. The van der Waals surface area contributed by atoms with Gasteiger partial charge in [-0.05, 0) is 48.0 Å². The Morgan fingerprint density at radius 2 is 1.65 bits per heavy atom. The smallest absolute Gasteiger partial charge is 0.251 e. The largest absolute Gasteiger partial charge is 0.497 e. The Labute approximate surface area is 185 Å². The van der Waals surface area contributed by atoms with Gasteiger partial charge in [-0.2, -0.15) is 5.10 Å². The molecule has 3 aromatic rings. The SMILES string of the molecule is COc1cccc(CNC(=O)c2ccc(-n3nc(C(C)(C)C)cc3C(C)(C)C)cc2)c1. The van der Waals surface area contributed by atoms with Crippen LogP contribution in [-0.2, 0) is 17.4 Å². The third kappa shape index (κ3) is 5.35. The second-order valence-electron chi connectivity index (χ2n) is 9.91. The van der Waals surface area contributed by atoms with Crippen LogP contribution in [0.15, 0.2) is 54.6 Å². The van der Waals surface area contributed by atoms with E-state index in [0.29, 0.717) is 12.1 Å². The van der Waals surface area contributed by atoms with Crippen molar-refractivity contribution in [1.82, 2.24) is 15.1 Å². The number of carbonyl (C=O) groups is 1. The summed E-state index contributed by atoms with van der Waals surface area (Å²) in [7, 11) is 1.63. The first kappa shape index (κ1) is 22.6. The number of carbonyl (C=O) groups excluding carboxylic acids is 1. The van der Waals surface area contributed by atoms with Crippen molar-refractivity contribution >= 4 is 5.91 Å². The second-order valence-corrected chi connectivity index (χ2v) is 9.91. The summed E-state index contributed by atoms with van der Waals surface area (Å²) in [5.41, 5.74) is 4.67. The lowest BCUT2D eigenvalue weighted by Crippen LogP contribution is -2.23. The normalized spacial score (nSPS) is 12.0. The molecule has 0 spiro atoms. The van der Waals surface area contributed by atoms with Crippen LogP contribution in [0.5, 0.6) is 5.75 Å². The first-order chi connectivity index (χ1) is 14.5. The van der Waals surface area contributed by atoms with E-state index in [1.807, 2.05) is 53.2 Å². The van der Waals surface area contributed by atoms with Gasteiger partial charge in [0.05, 0.1) is 18.5 Å². The van der Waals surface area contributed by atoms with Gasteiger partial charge in [0.15, 0.2) is 0 Å². The number of ether oxygens (including phenoxy) is 1. The van der Waals surface area contributed by atoms with Gasteiger partial charge in [0.25, 0.3) is 5.91 Å². The number of nitrogens with zero attached hydrogens (tertiary/aromatic N) is 2. The standard InChI is InChI=1S/C26H33N3O2/c1-25(2,3)22-16-23(26(4,5)6)29(28-22)20-13-11-19(12-14-20)24(30)27-17-18-9-8-10-21(15-18)31-7/h8-16H,17H2,1-7H3,(H,27,30). The van der Waals surface area contributed by atoms with E-state index in [9.17, 15) is 4.79 Å². The summed E-state index contributed by atoms with van der Waals surface area (Å²) in [5.74, 6) is 0.667. The molecule has 2 aromatic carbocycles. The van der Waals surface area contributed by atoms with Crippen molar-refractivity contribution < 1.29 is 9.53 Å². The number of benzene rings is 2. The Balaban J connectivity index is 1.79. The van der Waals surface area contributed by atoms with Crippen molar-refractivity contribution in [3.8, 4) is 11.4 Å². The number of hydrogen-bond acceptors (Lipinski definition) is 3. The van der Waals surface area contributed by atoms with Crippen molar-refractivity contribution in [2.24, 2.45) is 0 Å². The first-order valence-corrected chi connectivity index (χ1v) is 10.6. The Morgan fingerprint density at radius 3 is 2.23 bits per heavy atom. The molecule has 0 bridgehead atoms. The number of nitrogens with one attached hydrogen (secondary N) is 1. The van der Waals surface area contributed by atoms with Crippen molar-refractivity contribution in [2.45, 2.75) is 58.9 Å². The van der Waals surface area contributed by atoms with Gasteiger partial charge in [-0.25, -0.2) is 4.68 Å². The van der Waals surface area contributed by atoms with Gasteiger partial charge in [0.1, 0.15) is 5.75 Å². The summed E-state index contributed by atoms with van der Waals surface area (Å²) < 4.78 is 7.24. The maximum atomic E-state index is 12.6. The molecule has 0 saturated carbocycles. The molecule has 3 rings (SSSR count). The molecule has 0 unspecified atom stereocenters. The van der Waals surface area contributed by atoms with E-state index in [1.165, 1.54) is 0 Å². The minimum absolute atomic E-state index is 0.0365. The van der Waals surface area contributed by atoms with Gasteiger partial charge < -0.3 is 10.1 Å². The zero-order valence-electron chi connectivity index (χ0n) is 19.6. The van der Waals surface area contributed by atoms with Crippen LogP contribution in [0.25, 0.3) is 5.69 Å². The molecule has 0 atom stereocenters. The zero-order chi connectivity index (χ0) is 22.8. The molecule has 31 heavy (non-hydrogen) atoms. The number of aromatic nitrogens is 2. The predicted octanol–water partition coefficient (Wildman–Crippen LogP) is 5.41. The maximum absolute atomic E-state index is 12.6. The van der Waals surface area contributed by atoms with Crippen LogP contribution in [0.1, 0.15) is 68.9 Å². The van der Waals surface area contributed by atoms with E-state index < -0.39 is 0 Å². The summed E-state index contributed by atoms with van der Waals surface area (Å²) >= 11 is 0. The molecule has 1 N–H and O–H groups in total. The zero-order valence-corrected chi connectivity index (χ0v) is 19.6. The highest BCUT2D eigenvalue weighted by Crippen LogP contribution is 2.30. The van der Waals surface area contributed by atoms with E-state index >= 15 is 0 Å². The van der Waals surface area contributed by atoms with Gasteiger partial charge in [-0.1, -0.05) is 53.7 Å². The predicted molar refractivity (Wildman–Crippen MR) is 125 cm³/mol. The average Bonchev–Trinajstić information content (AvgIpc) is 3.19. The van der Waals surface area contributed by atoms with Crippen molar-refractivity contribution in [3.63, 3.8) is 0 Å². The lowest BCUT2D eigenvalue weighted by atomic mass is 9.88. The van der Waals surface area contributed by atoms with Crippen molar-refractivity contribution in [3.05, 3.63) is 77.1 Å². The summed E-state index contributed by atoms with van der Waals surface area (Å²) in [6, 6.07) is 17.5. The number of rotatable bonds is 5. The quantitative estimate of drug-likeness (QED) is 0.602. The fraction of sp³-hybridized carbons (Fsp3) is 0.385. The lowest BCUT2D eigenvalue weighted by molar-refractivity contribution is 0.0951. The lowest BCUT2D eigenvalue weighted by Gasteiger charge is -2.20. The van der Waals surface area contributed by atoms with Crippen LogP contribution >= 0.6 is 0 Å². The van der Waals surface area contributed by atoms with Gasteiger partial charge in [0, 0.05) is 28.6 Å².